The summed E-state index contributed by atoms with van der Waals surface area (Å²) in [5.74, 6) is -0.596. The molecule has 40 heavy (non-hydrogen) atoms. The van der Waals surface area contributed by atoms with Crippen LogP contribution in [0.1, 0.15) is 26.3 Å². The molecular weight excluding hydrogens is 522 g/mol. The molecule has 1 aliphatic rings. The summed E-state index contributed by atoms with van der Waals surface area (Å²) in [4.78, 5) is 25.6. The second kappa shape index (κ2) is 13.1. The first-order valence-electron chi connectivity index (χ1n) is 13.4. The van der Waals surface area contributed by atoms with Gasteiger partial charge in [-0.2, -0.15) is 0 Å². The molecule has 1 fully saturated rings. The molecule has 1 amide bonds. The topological polar surface area (TPSA) is 83.1 Å². The molecule has 0 aliphatic carbocycles. The Kier molecular flexibility index (Phi) is 9.57. The van der Waals surface area contributed by atoms with Crippen LogP contribution in [0.15, 0.2) is 104 Å². The van der Waals surface area contributed by atoms with E-state index in [1.165, 1.54) is 0 Å². The summed E-state index contributed by atoms with van der Waals surface area (Å²) in [5, 5.41) is 4.61. The van der Waals surface area contributed by atoms with Gasteiger partial charge in [0.05, 0.1) is 13.2 Å². The van der Waals surface area contributed by atoms with Gasteiger partial charge in [-0.15, -0.1) is 6.58 Å². The molecule has 0 spiro atoms. The summed E-state index contributed by atoms with van der Waals surface area (Å²) in [7, 11) is -2.88. The average Bonchev–Trinajstić information content (AvgIpc) is 3.25. The smallest absolute Gasteiger partial charge is 0.408 e. The number of nitrogens with one attached hydrogen (secondary N) is 1. The van der Waals surface area contributed by atoms with Gasteiger partial charge >= 0.3 is 12.1 Å². The molecule has 1 heterocycles. The third-order valence-electron chi connectivity index (χ3n) is 6.99. The first kappa shape index (κ1) is 29.3. The molecule has 1 aliphatic heterocycles. The Morgan fingerprint density at radius 3 is 2.02 bits per heavy atom. The van der Waals surface area contributed by atoms with Crippen LogP contribution in [0, 0.1) is 0 Å². The van der Waals surface area contributed by atoms with E-state index in [1.807, 2.05) is 66.7 Å². The van der Waals surface area contributed by atoms with Gasteiger partial charge in [-0.1, -0.05) is 118 Å². The summed E-state index contributed by atoms with van der Waals surface area (Å²) in [5.41, 5.74) is 0.836. The molecule has 0 aromatic heterocycles. The quantitative estimate of drug-likeness (QED) is 0.214. The molecule has 7 nitrogen and oxygen atoms in total. The van der Waals surface area contributed by atoms with Crippen LogP contribution in [0.5, 0.6) is 0 Å². The van der Waals surface area contributed by atoms with Crippen LogP contribution in [0.25, 0.3) is 0 Å². The number of ether oxygens (including phenoxy) is 3. The fourth-order valence-electron chi connectivity index (χ4n) is 5.15. The van der Waals surface area contributed by atoms with Gasteiger partial charge in [0.15, 0.2) is 12.1 Å². The van der Waals surface area contributed by atoms with Gasteiger partial charge < -0.3 is 24.0 Å². The average molecular weight is 560 g/mol. The van der Waals surface area contributed by atoms with E-state index in [2.05, 4.69) is 56.9 Å². The minimum Gasteiger partial charge on any atom is -0.455 e. The number of hydrogen-bond donors (Lipinski definition) is 1. The number of rotatable bonds is 11. The highest BCUT2D eigenvalue weighted by molar-refractivity contribution is 6.99. The summed E-state index contributed by atoms with van der Waals surface area (Å²) >= 11 is 0. The maximum absolute atomic E-state index is 13.0. The predicted molar refractivity (Wildman–Crippen MR) is 157 cm³/mol. The molecule has 0 bridgehead atoms. The van der Waals surface area contributed by atoms with Gasteiger partial charge in [-0.25, -0.2) is 9.59 Å². The van der Waals surface area contributed by atoms with Gasteiger partial charge in [-0.05, 0) is 21.0 Å². The van der Waals surface area contributed by atoms with Crippen LogP contribution in [-0.4, -0.2) is 51.8 Å². The van der Waals surface area contributed by atoms with Crippen molar-refractivity contribution in [3.05, 3.63) is 109 Å². The van der Waals surface area contributed by atoms with Crippen molar-refractivity contribution in [3.63, 3.8) is 0 Å². The third-order valence-corrected chi connectivity index (χ3v) is 12.0. The molecule has 3 atom stereocenters. The molecule has 4 rings (SSSR count). The van der Waals surface area contributed by atoms with Gasteiger partial charge in [0.2, 0.25) is 0 Å². The highest BCUT2D eigenvalue weighted by atomic mass is 28.4. The van der Waals surface area contributed by atoms with E-state index in [1.54, 1.807) is 6.08 Å². The van der Waals surface area contributed by atoms with Crippen LogP contribution in [-0.2, 0) is 30.0 Å². The van der Waals surface area contributed by atoms with Crippen LogP contribution in [0.2, 0.25) is 5.04 Å². The number of carbonyl (C=O) groups excluding carboxylic acids is 2. The lowest BCUT2D eigenvalue weighted by Crippen LogP contribution is -2.67. The van der Waals surface area contributed by atoms with Gasteiger partial charge in [-0.3, -0.25) is 0 Å². The monoisotopic (exact) mass is 559 g/mol. The first-order chi connectivity index (χ1) is 19.3. The SMILES string of the molecule is C=CCO[C@H]1[C@@H](CO[Si](c2ccccc2)(c2ccccc2)C(C)(C)C)OC(=O)[C@@H]1NC(=O)OCc1ccccc1. The number of hydrogen-bond acceptors (Lipinski definition) is 6. The number of alkyl carbamates (subject to hydrolysis) is 1. The predicted octanol–water partition coefficient (Wildman–Crippen LogP) is 4.35. The van der Waals surface area contributed by atoms with Crippen molar-refractivity contribution in [2.45, 2.75) is 50.7 Å². The number of benzene rings is 3. The van der Waals surface area contributed by atoms with E-state index in [9.17, 15) is 9.59 Å². The Bertz CT molecular complexity index is 1220. The van der Waals surface area contributed by atoms with E-state index in [0.29, 0.717) is 0 Å². The van der Waals surface area contributed by atoms with Crippen LogP contribution in [0.3, 0.4) is 0 Å². The first-order valence-corrected chi connectivity index (χ1v) is 15.3. The zero-order valence-corrected chi connectivity index (χ0v) is 24.2. The van der Waals surface area contributed by atoms with Crippen molar-refractivity contribution < 1.29 is 28.2 Å². The summed E-state index contributed by atoms with van der Waals surface area (Å²) < 4.78 is 24.1. The summed E-state index contributed by atoms with van der Waals surface area (Å²) in [6.45, 7) is 10.6. The molecule has 210 valence electrons. The van der Waals surface area contributed by atoms with E-state index in [0.717, 1.165) is 15.9 Å². The molecule has 8 heteroatoms. The summed E-state index contributed by atoms with van der Waals surface area (Å²) in [6, 6.07) is 28.7. The highest BCUT2D eigenvalue weighted by Gasteiger charge is 2.53. The Hall–Kier alpha value is -3.72. The van der Waals surface area contributed by atoms with Gasteiger partial charge in [0, 0.05) is 0 Å². The number of esters is 1. The normalized spacial score (nSPS) is 19.1. The van der Waals surface area contributed by atoms with Crippen LogP contribution < -0.4 is 15.7 Å². The Balaban J connectivity index is 1.56. The number of cyclic esters (lactones) is 1. The van der Waals surface area contributed by atoms with Gasteiger partial charge in [0.25, 0.3) is 8.32 Å². The minimum absolute atomic E-state index is 0.0764. The molecule has 1 saturated heterocycles. The van der Waals surface area contributed by atoms with E-state index < -0.39 is 38.6 Å². The van der Waals surface area contributed by atoms with E-state index in [-0.39, 0.29) is 24.9 Å². The van der Waals surface area contributed by atoms with Crippen molar-refractivity contribution in [1.82, 2.24) is 5.32 Å². The minimum atomic E-state index is -2.88. The highest BCUT2D eigenvalue weighted by Crippen LogP contribution is 2.37. The molecule has 0 unspecified atom stereocenters. The molecule has 3 aromatic carbocycles. The van der Waals surface area contributed by atoms with Crippen LogP contribution in [0.4, 0.5) is 4.79 Å². The van der Waals surface area contributed by atoms with Gasteiger partial charge in [0.1, 0.15) is 12.7 Å². The number of carbonyl (C=O) groups is 2. The Morgan fingerprint density at radius 2 is 1.50 bits per heavy atom. The zero-order chi connectivity index (χ0) is 28.6. The zero-order valence-electron chi connectivity index (χ0n) is 23.2. The van der Waals surface area contributed by atoms with Crippen molar-refractivity contribution >= 4 is 30.8 Å². The van der Waals surface area contributed by atoms with E-state index >= 15 is 0 Å². The lowest BCUT2D eigenvalue weighted by Gasteiger charge is -2.43. The molecule has 3 aromatic rings. The largest absolute Gasteiger partial charge is 0.455 e. The third kappa shape index (κ3) is 6.52. The lowest BCUT2D eigenvalue weighted by atomic mass is 10.1. The Morgan fingerprint density at radius 1 is 0.950 bits per heavy atom. The molecular formula is C32H37NO6Si. The van der Waals surface area contributed by atoms with Crippen LogP contribution >= 0.6 is 0 Å². The summed E-state index contributed by atoms with van der Waals surface area (Å²) in [6.07, 6.45) is -0.666. The maximum Gasteiger partial charge on any atom is 0.408 e. The fraction of sp³-hybridized carbons (Fsp3) is 0.312. The Labute approximate surface area is 237 Å². The van der Waals surface area contributed by atoms with Crippen molar-refractivity contribution in [1.29, 1.82) is 0 Å². The van der Waals surface area contributed by atoms with Crippen molar-refractivity contribution in [2.75, 3.05) is 13.2 Å². The fourth-order valence-corrected chi connectivity index (χ4v) is 9.72. The maximum atomic E-state index is 13.0. The van der Waals surface area contributed by atoms with E-state index in [4.69, 9.17) is 18.6 Å². The van der Waals surface area contributed by atoms with Crippen molar-refractivity contribution in [3.8, 4) is 0 Å². The second-order valence-corrected chi connectivity index (χ2v) is 15.0. The number of amides is 1. The second-order valence-electron chi connectivity index (χ2n) is 10.7. The standard InChI is InChI=1S/C32H37NO6Si/c1-5-21-36-29-27(39-30(34)28(29)33-31(35)37-22-24-15-9-6-10-16-24)23-38-40(32(2,3)4,25-17-11-7-12-18-25)26-19-13-8-14-20-26/h5-20,27-29H,1,21-23H2,2-4H3,(H,33,35)/t27-,28-,29+/m1/s1. The lowest BCUT2D eigenvalue weighted by molar-refractivity contribution is -0.144. The molecule has 0 saturated carbocycles. The molecule has 1 N–H and O–H groups in total. The van der Waals surface area contributed by atoms with Crippen molar-refractivity contribution in [2.24, 2.45) is 0 Å². The molecule has 0 radical (unpaired) electrons.